The van der Waals surface area contributed by atoms with Gasteiger partial charge in [0.05, 0.1) is 13.2 Å². The van der Waals surface area contributed by atoms with Gasteiger partial charge in [-0.25, -0.2) is 0 Å². The van der Waals surface area contributed by atoms with Crippen LogP contribution in [0.2, 0.25) is 0 Å². The maximum atomic E-state index is 12.8. The normalized spacial score (nSPS) is 20.5. The summed E-state index contributed by atoms with van der Waals surface area (Å²) < 4.78 is 22.9. The van der Waals surface area contributed by atoms with Gasteiger partial charge in [0.2, 0.25) is 0 Å². The highest BCUT2D eigenvalue weighted by atomic mass is 16.7. The summed E-state index contributed by atoms with van der Waals surface area (Å²) in [5, 5.41) is 0. The molecule has 150 valence electrons. The van der Waals surface area contributed by atoms with Gasteiger partial charge < -0.3 is 23.5 Å². The van der Waals surface area contributed by atoms with Crippen molar-refractivity contribution in [1.82, 2.24) is 4.90 Å². The highest BCUT2D eigenvalue weighted by Gasteiger charge is 2.33. The second kappa shape index (κ2) is 8.37. The second-order valence-corrected chi connectivity index (χ2v) is 7.59. The van der Waals surface area contributed by atoms with Gasteiger partial charge in [0.1, 0.15) is 18.1 Å². The third-order valence-corrected chi connectivity index (χ3v) is 5.35. The lowest BCUT2D eigenvalue weighted by Gasteiger charge is -2.34. The first kappa shape index (κ1) is 19.0. The zero-order valence-corrected chi connectivity index (χ0v) is 16.5. The monoisotopic (exact) mass is 385 g/mol. The molecule has 1 unspecified atom stereocenters. The lowest BCUT2D eigenvalue weighted by molar-refractivity contribution is -0.0970. The average molecular weight is 385 g/mol. The van der Waals surface area contributed by atoms with Crippen LogP contribution in [-0.2, 0) is 16.1 Å². The van der Waals surface area contributed by atoms with Crippen LogP contribution in [0.25, 0.3) is 0 Å². The molecular formula is C22H27NO5. The quantitative estimate of drug-likeness (QED) is 0.785. The summed E-state index contributed by atoms with van der Waals surface area (Å²) in [6, 6.07) is 9.60. The van der Waals surface area contributed by atoms with Crippen molar-refractivity contribution in [3.05, 3.63) is 53.0 Å². The van der Waals surface area contributed by atoms with Crippen molar-refractivity contribution >= 4 is 5.91 Å². The molecule has 0 saturated carbocycles. The molecule has 0 radical (unpaired) electrons. The summed E-state index contributed by atoms with van der Waals surface area (Å²) in [5.74, 6) is 1.96. The van der Waals surface area contributed by atoms with E-state index in [9.17, 15) is 4.79 Å². The van der Waals surface area contributed by atoms with E-state index in [0.717, 1.165) is 30.7 Å². The summed E-state index contributed by atoms with van der Waals surface area (Å²) in [4.78, 5) is 14.7. The fraction of sp³-hybridized carbons (Fsp3) is 0.500. The summed E-state index contributed by atoms with van der Waals surface area (Å²) in [5.41, 5.74) is 2.28. The first-order valence-electron chi connectivity index (χ1n) is 9.91. The number of hydrogen-bond donors (Lipinski definition) is 0. The number of carbonyl (C=O) groups is 1. The smallest absolute Gasteiger partial charge is 0.289 e. The van der Waals surface area contributed by atoms with E-state index in [0.29, 0.717) is 37.9 Å². The molecule has 2 saturated heterocycles. The van der Waals surface area contributed by atoms with Crippen LogP contribution in [0.1, 0.15) is 40.3 Å². The van der Waals surface area contributed by atoms with Crippen molar-refractivity contribution in [1.29, 1.82) is 0 Å². The molecule has 2 aromatic rings. The van der Waals surface area contributed by atoms with Crippen LogP contribution in [-0.4, -0.2) is 43.4 Å². The molecule has 1 atom stereocenters. The van der Waals surface area contributed by atoms with Crippen molar-refractivity contribution in [2.75, 3.05) is 26.3 Å². The summed E-state index contributed by atoms with van der Waals surface area (Å²) in [6.07, 6.45) is 1.78. The Bertz CT molecular complexity index is 824. The molecule has 2 aliphatic heterocycles. The highest BCUT2D eigenvalue weighted by molar-refractivity contribution is 5.91. The Kier molecular flexibility index (Phi) is 5.69. The summed E-state index contributed by atoms with van der Waals surface area (Å²) >= 11 is 0. The zero-order chi connectivity index (χ0) is 19.5. The SMILES string of the molecule is Cc1ccc(OCc2ccc(C(=O)N3CCCC(C4OCCO4)C3)o2)c(C)c1. The molecule has 2 fully saturated rings. The van der Waals surface area contributed by atoms with Crippen LogP contribution in [0, 0.1) is 19.8 Å². The first-order chi connectivity index (χ1) is 13.6. The van der Waals surface area contributed by atoms with Crippen LogP contribution in [0.3, 0.4) is 0 Å². The van der Waals surface area contributed by atoms with Crippen LogP contribution >= 0.6 is 0 Å². The highest BCUT2D eigenvalue weighted by Crippen LogP contribution is 2.26. The molecule has 0 spiro atoms. The van der Waals surface area contributed by atoms with Gasteiger partial charge in [-0.2, -0.15) is 0 Å². The number of hydrogen-bond acceptors (Lipinski definition) is 5. The number of amides is 1. The zero-order valence-electron chi connectivity index (χ0n) is 16.5. The van der Waals surface area contributed by atoms with Crippen LogP contribution in [0.15, 0.2) is 34.7 Å². The van der Waals surface area contributed by atoms with E-state index < -0.39 is 0 Å². The van der Waals surface area contributed by atoms with Gasteiger partial charge in [-0.15, -0.1) is 0 Å². The van der Waals surface area contributed by atoms with Crippen molar-refractivity contribution < 1.29 is 23.4 Å². The van der Waals surface area contributed by atoms with Gasteiger partial charge in [0, 0.05) is 19.0 Å². The molecule has 0 N–H and O–H groups in total. The molecule has 4 rings (SSSR count). The van der Waals surface area contributed by atoms with Gasteiger partial charge in [0.15, 0.2) is 12.1 Å². The molecule has 1 aromatic heterocycles. The fourth-order valence-electron chi connectivity index (χ4n) is 3.90. The van der Waals surface area contributed by atoms with E-state index >= 15 is 0 Å². The minimum absolute atomic E-state index is 0.0829. The van der Waals surface area contributed by atoms with Gasteiger partial charge in [-0.05, 0) is 50.5 Å². The standard InChI is InChI=1S/C22H27NO5/c1-15-5-7-19(16(2)12-15)27-14-18-6-8-20(28-18)21(24)23-9-3-4-17(13-23)22-25-10-11-26-22/h5-8,12,17,22H,3-4,9-11,13-14H2,1-2H3. The van der Waals surface area contributed by atoms with Crippen molar-refractivity contribution in [3.8, 4) is 5.75 Å². The molecule has 0 aliphatic carbocycles. The molecule has 6 nitrogen and oxygen atoms in total. The minimum Gasteiger partial charge on any atom is -0.485 e. The van der Waals surface area contributed by atoms with E-state index in [-0.39, 0.29) is 18.1 Å². The number of rotatable bonds is 5. The second-order valence-electron chi connectivity index (χ2n) is 7.59. The fourth-order valence-corrected chi connectivity index (χ4v) is 3.90. The number of likely N-dealkylation sites (tertiary alicyclic amines) is 1. The van der Waals surface area contributed by atoms with E-state index in [4.69, 9.17) is 18.6 Å². The Balaban J connectivity index is 1.35. The Morgan fingerprint density at radius 1 is 1.18 bits per heavy atom. The average Bonchev–Trinajstić information content (AvgIpc) is 3.39. The number of carbonyl (C=O) groups excluding carboxylic acids is 1. The van der Waals surface area contributed by atoms with Crippen LogP contribution in [0.5, 0.6) is 5.75 Å². The number of ether oxygens (including phenoxy) is 3. The van der Waals surface area contributed by atoms with E-state index in [1.807, 2.05) is 24.0 Å². The third kappa shape index (κ3) is 4.23. The molecule has 0 bridgehead atoms. The van der Waals surface area contributed by atoms with E-state index in [1.165, 1.54) is 5.56 Å². The van der Waals surface area contributed by atoms with Gasteiger partial charge in [-0.1, -0.05) is 17.7 Å². The number of piperidine rings is 1. The van der Waals surface area contributed by atoms with Gasteiger partial charge >= 0.3 is 0 Å². The first-order valence-corrected chi connectivity index (χ1v) is 9.91. The largest absolute Gasteiger partial charge is 0.485 e. The number of aryl methyl sites for hydroxylation is 2. The number of nitrogens with zero attached hydrogens (tertiary/aromatic N) is 1. The van der Waals surface area contributed by atoms with Gasteiger partial charge in [-0.3, -0.25) is 4.79 Å². The predicted molar refractivity (Wildman–Crippen MR) is 103 cm³/mol. The van der Waals surface area contributed by atoms with Crippen LogP contribution < -0.4 is 4.74 Å². The maximum Gasteiger partial charge on any atom is 0.289 e. The Labute approximate surface area is 165 Å². The summed E-state index contributed by atoms with van der Waals surface area (Å²) in [7, 11) is 0. The van der Waals surface area contributed by atoms with E-state index in [2.05, 4.69) is 13.0 Å². The van der Waals surface area contributed by atoms with Crippen molar-refractivity contribution in [3.63, 3.8) is 0 Å². The third-order valence-electron chi connectivity index (χ3n) is 5.35. The molecule has 2 aliphatic rings. The Hall–Kier alpha value is -2.31. The predicted octanol–water partition coefficient (Wildman–Crippen LogP) is 3.70. The minimum atomic E-state index is -0.186. The maximum absolute atomic E-state index is 12.8. The van der Waals surface area contributed by atoms with E-state index in [1.54, 1.807) is 12.1 Å². The molecule has 1 amide bonds. The topological polar surface area (TPSA) is 61.1 Å². The lowest BCUT2D eigenvalue weighted by Crippen LogP contribution is -2.43. The Morgan fingerprint density at radius 3 is 2.79 bits per heavy atom. The molecular weight excluding hydrogens is 358 g/mol. The number of benzene rings is 1. The molecule has 3 heterocycles. The lowest BCUT2D eigenvalue weighted by atomic mass is 9.97. The van der Waals surface area contributed by atoms with Crippen molar-refractivity contribution in [2.45, 2.75) is 39.6 Å². The molecule has 6 heteroatoms. The van der Waals surface area contributed by atoms with Crippen molar-refractivity contribution in [2.24, 2.45) is 5.92 Å². The number of furan rings is 1. The summed E-state index contributed by atoms with van der Waals surface area (Å²) in [6.45, 7) is 7.01. The van der Waals surface area contributed by atoms with Gasteiger partial charge in [0.25, 0.3) is 5.91 Å². The van der Waals surface area contributed by atoms with Crippen LogP contribution in [0.4, 0.5) is 0 Å². The molecule has 28 heavy (non-hydrogen) atoms. The Morgan fingerprint density at radius 2 is 2.00 bits per heavy atom. The molecule has 1 aromatic carbocycles.